The Labute approximate surface area is 97.9 Å². The van der Waals surface area contributed by atoms with Gasteiger partial charge in [-0.05, 0) is 22.0 Å². The Morgan fingerprint density at radius 2 is 2.20 bits per heavy atom. The van der Waals surface area contributed by atoms with Crippen molar-refractivity contribution < 1.29 is 4.74 Å². The highest BCUT2D eigenvalue weighted by Crippen LogP contribution is 2.35. The molecule has 0 fully saturated rings. The molecule has 0 spiro atoms. The smallest absolute Gasteiger partial charge is 0.124 e. The standard InChI is InChI=1S/C11H13BrN2O/c1-14-9(7-11(12)13-14)8-5-3-4-6-10(8)15-2/h3-6,9H,7H2,1-2H3. The molecule has 0 saturated carbocycles. The van der Waals surface area contributed by atoms with Gasteiger partial charge in [-0.15, -0.1) is 0 Å². The van der Waals surface area contributed by atoms with E-state index in [-0.39, 0.29) is 6.04 Å². The fourth-order valence-electron chi connectivity index (χ4n) is 1.83. The van der Waals surface area contributed by atoms with E-state index in [0.29, 0.717) is 0 Å². The zero-order chi connectivity index (χ0) is 10.8. The Bertz CT molecular complexity index is 392. The molecule has 1 aromatic carbocycles. The van der Waals surface area contributed by atoms with E-state index < -0.39 is 0 Å². The summed E-state index contributed by atoms with van der Waals surface area (Å²) < 4.78 is 6.34. The molecule has 0 aromatic heterocycles. The molecule has 1 atom stereocenters. The van der Waals surface area contributed by atoms with Gasteiger partial charge in [-0.3, -0.25) is 5.01 Å². The average molecular weight is 269 g/mol. The van der Waals surface area contributed by atoms with Crippen LogP contribution in [-0.2, 0) is 0 Å². The summed E-state index contributed by atoms with van der Waals surface area (Å²) in [5.74, 6) is 0.923. The summed E-state index contributed by atoms with van der Waals surface area (Å²) in [5, 5.41) is 6.29. The number of benzene rings is 1. The number of halogens is 1. The van der Waals surface area contributed by atoms with Gasteiger partial charge in [-0.2, -0.15) is 5.10 Å². The third-order valence-corrected chi connectivity index (χ3v) is 3.06. The summed E-state index contributed by atoms with van der Waals surface area (Å²) in [7, 11) is 3.68. The van der Waals surface area contributed by atoms with Gasteiger partial charge in [0, 0.05) is 19.0 Å². The number of para-hydroxylation sites is 1. The first-order valence-corrected chi connectivity index (χ1v) is 5.60. The maximum atomic E-state index is 5.35. The Morgan fingerprint density at radius 3 is 2.80 bits per heavy atom. The maximum Gasteiger partial charge on any atom is 0.124 e. The van der Waals surface area contributed by atoms with Crippen molar-refractivity contribution in [2.75, 3.05) is 14.2 Å². The Kier molecular flexibility index (Phi) is 2.95. The van der Waals surface area contributed by atoms with Crippen molar-refractivity contribution in [3.8, 4) is 5.75 Å². The molecule has 0 saturated heterocycles. The molecule has 0 radical (unpaired) electrons. The highest BCUT2D eigenvalue weighted by Gasteiger charge is 2.26. The Balaban J connectivity index is 2.31. The summed E-state index contributed by atoms with van der Waals surface area (Å²) in [4.78, 5) is 0. The fourth-order valence-corrected chi connectivity index (χ4v) is 2.38. The second-order valence-electron chi connectivity index (χ2n) is 3.51. The van der Waals surface area contributed by atoms with E-state index >= 15 is 0 Å². The first kappa shape index (κ1) is 10.5. The molecule has 3 nitrogen and oxygen atoms in total. The molecule has 1 heterocycles. The third kappa shape index (κ3) is 2.00. The van der Waals surface area contributed by atoms with Crippen LogP contribution in [0.2, 0.25) is 0 Å². The number of rotatable bonds is 2. The minimum Gasteiger partial charge on any atom is -0.496 e. The van der Waals surface area contributed by atoms with Gasteiger partial charge < -0.3 is 4.74 Å². The molecule has 0 amide bonds. The van der Waals surface area contributed by atoms with Gasteiger partial charge in [0.15, 0.2) is 0 Å². The van der Waals surface area contributed by atoms with Crippen LogP contribution in [0.5, 0.6) is 5.75 Å². The molecule has 15 heavy (non-hydrogen) atoms. The predicted molar refractivity (Wildman–Crippen MR) is 64.5 cm³/mol. The Hall–Kier alpha value is -1.03. The minimum absolute atomic E-state index is 0.274. The number of hydrazone groups is 1. The van der Waals surface area contributed by atoms with E-state index in [1.807, 2.05) is 30.3 Å². The van der Waals surface area contributed by atoms with E-state index in [1.165, 1.54) is 5.56 Å². The topological polar surface area (TPSA) is 24.8 Å². The van der Waals surface area contributed by atoms with Gasteiger partial charge >= 0.3 is 0 Å². The average Bonchev–Trinajstić information content (AvgIpc) is 2.57. The summed E-state index contributed by atoms with van der Waals surface area (Å²) >= 11 is 3.43. The van der Waals surface area contributed by atoms with E-state index in [2.05, 4.69) is 27.1 Å². The number of nitrogens with zero attached hydrogens (tertiary/aromatic N) is 2. The van der Waals surface area contributed by atoms with Gasteiger partial charge in [0.05, 0.1) is 13.2 Å². The molecular formula is C11H13BrN2O. The van der Waals surface area contributed by atoms with Crippen LogP contribution >= 0.6 is 15.9 Å². The summed E-state index contributed by atoms with van der Waals surface area (Å²) in [6, 6.07) is 8.34. The molecule has 1 aliphatic heterocycles. The van der Waals surface area contributed by atoms with Gasteiger partial charge in [0.2, 0.25) is 0 Å². The second-order valence-corrected chi connectivity index (χ2v) is 4.43. The van der Waals surface area contributed by atoms with Crippen molar-refractivity contribution in [2.45, 2.75) is 12.5 Å². The molecule has 1 unspecified atom stereocenters. The predicted octanol–water partition coefficient (Wildman–Crippen LogP) is 2.78. The molecule has 1 aromatic rings. The van der Waals surface area contributed by atoms with Crippen molar-refractivity contribution in [3.63, 3.8) is 0 Å². The molecular weight excluding hydrogens is 256 g/mol. The third-order valence-electron chi connectivity index (χ3n) is 2.58. The van der Waals surface area contributed by atoms with Crippen molar-refractivity contribution in [3.05, 3.63) is 29.8 Å². The van der Waals surface area contributed by atoms with Crippen LogP contribution in [0.3, 0.4) is 0 Å². The van der Waals surface area contributed by atoms with Crippen LogP contribution in [0, 0.1) is 0 Å². The molecule has 1 aliphatic rings. The van der Waals surface area contributed by atoms with Crippen LogP contribution in [0.1, 0.15) is 18.0 Å². The lowest BCUT2D eigenvalue weighted by molar-refractivity contribution is 0.281. The lowest BCUT2D eigenvalue weighted by Gasteiger charge is -2.20. The lowest BCUT2D eigenvalue weighted by Crippen LogP contribution is -2.14. The summed E-state index contributed by atoms with van der Waals surface area (Å²) in [5.41, 5.74) is 1.18. The summed E-state index contributed by atoms with van der Waals surface area (Å²) in [6.07, 6.45) is 0.900. The van der Waals surface area contributed by atoms with Gasteiger partial charge in [0.25, 0.3) is 0 Å². The van der Waals surface area contributed by atoms with Gasteiger partial charge in [-0.25, -0.2) is 0 Å². The minimum atomic E-state index is 0.274. The molecule has 0 aliphatic carbocycles. The zero-order valence-corrected chi connectivity index (χ0v) is 10.4. The largest absolute Gasteiger partial charge is 0.496 e. The second kappa shape index (κ2) is 4.23. The lowest BCUT2D eigenvalue weighted by atomic mass is 10.0. The van der Waals surface area contributed by atoms with Crippen LogP contribution in [-0.4, -0.2) is 23.8 Å². The molecule has 0 N–H and O–H groups in total. The molecule has 80 valence electrons. The van der Waals surface area contributed by atoms with Gasteiger partial charge in [-0.1, -0.05) is 18.2 Å². The SMILES string of the molecule is COc1ccccc1C1CC(Br)=NN1C. The Morgan fingerprint density at radius 1 is 1.47 bits per heavy atom. The van der Waals surface area contributed by atoms with Crippen LogP contribution < -0.4 is 4.74 Å². The number of methoxy groups -OCH3 is 1. The van der Waals surface area contributed by atoms with Crippen molar-refractivity contribution in [1.29, 1.82) is 0 Å². The molecule has 2 rings (SSSR count). The highest BCUT2D eigenvalue weighted by molar-refractivity contribution is 9.18. The maximum absolute atomic E-state index is 5.35. The van der Waals surface area contributed by atoms with E-state index in [1.54, 1.807) is 7.11 Å². The molecule has 0 bridgehead atoms. The summed E-state index contributed by atoms with van der Waals surface area (Å²) in [6.45, 7) is 0. The number of hydrogen-bond donors (Lipinski definition) is 0. The monoisotopic (exact) mass is 268 g/mol. The first-order valence-electron chi connectivity index (χ1n) is 4.81. The number of ether oxygens (including phenoxy) is 1. The number of hydrogen-bond acceptors (Lipinski definition) is 3. The molecule has 4 heteroatoms. The normalized spacial score (nSPS) is 20.3. The van der Waals surface area contributed by atoms with Crippen molar-refractivity contribution in [1.82, 2.24) is 5.01 Å². The quantitative estimate of drug-likeness (QED) is 0.824. The first-order chi connectivity index (χ1) is 7.22. The highest BCUT2D eigenvalue weighted by atomic mass is 79.9. The van der Waals surface area contributed by atoms with E-state index in [4.69, 9.17) is 4.74 Å². The van der Waals surface area contributed by atoms with Crippen LogP contribution in [0.15, 0.2) is 29.4 Å². The van der Waals surface area contributed by atoms with E-state index in [9.17, 15) is 0 Å². The zero-order valence-electron chi connectivity index (χ0n) is 8.77. The van der Waals surface area contributed by atoms with Gasteiger partial charge in [0.1, 0.15) is 10.4 Å². The fraction of sp³-hybridized carbons (Fsp3) is 0.364. The van der Waals surface area contributed by atoms with E-state index in [0.717, 1.165) is 16.8 Å². The van der Waals surface area contributed by atoms with Crippen LogP contribution in [0.25, 0.3) is 0 Å². The van der Waals surface area contributed by atoms with Crippen molar-refractivity contribution in [2.24, 2.45) is 5.10 Å². The van der Waals surface area contributed by atoms with Crippen molar-refractivity contribution >= 4 is 20.6 Å². The van der Waals surface area contributed by atoms with Crippen LogP contribution in [0.4, 0.5) is 0 Å².